The zero-order valence-corrected chi connectivity index (χ0v) is 17.1. The highest BCUT2D eigenvalue weighted by molar-refractivity contribution is 7.91. The molecule has 0 aromatic rings. The van der Waals surface area contributed by atoms with E-state index < -0.39 is 21.4 Å². The van der Waals surface area contributed by atoms with Crippen LogP contribution in [-0.4, -0.2) is 19.8 Å². The van der Waals surface area contributed by atoms with Gasteiger partial charge >= 0.3 is 15.5 Å². The van der Waals surface area contributed by atoms with Crippen LogP contribution in [-0.2, 0) is 10.0 Å². The summed E-state index contributed by atoms with van der Waals surface area (Å²) in [5.74, 6) is -1.23. The second-order valence-electron chi connectivity index (χ2n) is 6.74. The fraction of sp³-hybridized carbons (Fsp3) is 0.842. The van der Waals surface area contributed by atoms with Crippen LogP contribution >= 0.6 is 0 Å². The maximum absolute atomic E-state index is 12.1. The highest BCUT2D eigenvalue weighted by atomic mass is 32.2. The molecule has 0 aromatic heterocycles. The lowest BCUT2D eigenvalue weighted by Crippen LogP contribution is -2.26. The number of halogens is 3. The van der Waals surface area contributed by atoms with Gasteiger partial charge in [0.15, 0.2) is 0 Å². The maximum atomic E-state index is 12.1. The molecule has 8 heteroatoms. The normalized spacial score (nSPS) is 13.6. The third kappa shape index (κ3) is 14.7. The Bertz CT molecular complexity index is 529. The monoisotopic (exact) mass is 412 g/mol. The maximum Gasteiger partial charge on any atom is 0.518 e. The molecule has 0 heterocycles. The molecule has 0 aliphatic heterocycles. The van der Waals surface area contributed by atoms with E-state index in [2.05, 4.69) is 23.5 Å². The van der Waals surface area contributed by atoms with Crippen LogP contribution in [0.4, 0.5) is 13.2 Å². The highest BCUT2D eigenvalue weighted by Gasteiger charge is 2.45. The summed E-state index contributed by atoms with van der Waals surface area (Å²) in [7, 11) is -5.70. The molecule has 0 unspecified atom stereocenters. The number of sulfonamides is 1. The quantitative estimate of drug-likeness (QED) is 0.143. The minimum Gasteiger partial charge on any atom is -0.861 e. The van der Waals surface area contributed by atoms with Crippen LogP contribution in [0, 0.1) is 0 Å². The molecule has 0 rings (SSSR count). The average Bonchev–Trinajstić information content (AvgIpc) is 2.57. The summed E-state index contributed by atoms with van der Waals surface area (Å²) in [6.07, 6.45) is 18.0. The van der Waals surface area contributed by atoms with Crippen molar-refractivity contribution in [3.05, 3.63) is 12.2 Å². The molecular weight excluding hydrogens is 379 g/mol. The number of hydrogen-bond acceptors (Lipinski definition) is 3. The molecule has 0 aliphatic rings. The zero-order valence-electron chi connectivity index (χ0n) is 16.3. The first-order valence-electron chi connectivity index (χ1n) is 9.93. The Hall–Kier alpha value is -1.05. The van der Waals surface area contributed by atoms with Crippen LogP contribution < -0.4 is 5.11 Å². The molecule has 27 heavy (non-hydrogen) atoms. The van der Waals surface area contributed by atoms with Gasteiger partial charge in [-0.25, -0.2) is 0 Å². The van der Waals surface area contributed by atoms with Crippen molar-refractivity contribution in [2.45, 2.75) is 102 Å². The number of allylic oxidation sites excluding steroid dienone is 2. The Morgan fingerprint density at radius 3 is 1.78 bits per heavy atom. The van der Waals surface area contributed by atoms with Crippen molar-refractivity contribution in [3.63, 3.8) is 0 Å². The smallest absolute Gasteiger partial charge is 0.518 e. The standard InChI is InChI=1S/C19H34F3NO3S/c1-2-3-4-5-6-7-8-9-10-11-12-13-14-15-16-17-18(24)23-27(25,26)19(20,21)22/h9-10H,2-8,11-17H2,1H3,(H,23,24)/p-1/b10-9+. The van der Waals surface area contributed by atoms with Gasteiger partial charge < -0.3 is 5.11 Å². The molecule has 160 valence electrons. The van der Waals surface area contributed by atoms with Crippen molar-refractivity contribution in [2.75, 3.05) is 0 Å². The highest BCUT2D eigenvalue weighted by Crippen LogP contribution is 2.24. The third-order valence-electron chi connectivity index (χ3n) is 4.17. The first kappa shape index (κ1) is 26.0. The first-order chi connectivity index (χ1) is 12.7. The Morgan fingerprint density at radius 1 is 0.852 bits per heavy atom. The first-order valence-corrected chi connectivity index (χ1v) is 11.4. The van der Waals surface area contributed by atoms with Gasteiger partial charge in [0.2, 0.25) is 0 Å². The summed E-state index contributed by atoms with van der Waals surface area (Å²) >= 11 is 0. The molecule has 0 bridgehead atoms. The molecule has 0 saturated carbocycles. The van der Waals surface area contributed by atoms with Crippen LogP contribution in [0.1, 0.15) is 96.8 Å². The predicted octanol–water partition coefficient (Wildman–Crippen LogP) is 5.63. The van der Waals surface area contributed by atoms with Gasteiger partial charge in [0.1, 0.15) is 0 Å². The third-order valence-corrected chi connectivity index (χ3v) is 5.20. The molecule has 0 fully saturated rings. The number of unbranched alkanes of at least 4 members (excludes halogenated alkanes) is 11. The van der Waals surface area contributed by atoms with Crippen LogP contribution in [0.15, 0.2) is 16.5 Å². The van der Waals surface area contributed by atoms with E-state index in [0.29, 0.717) is 12.8 Å². The van der Waals surface area contributed by atoms with E-state index in [9.17, 15) is 26.7 Å². The van der Waals surface area contributed by atoms with E-state index in [1.807, 2.05) is 0 Å². The summed E-state index contributed by atoms with van der Waals surface area (Å²) in [5.41, 5.74) is -5.51. The fourth-order valence-electron chi connectivity index (χ4n) is 2.58. The molecule has 0 spiro atoms. The lowest BCUT2D eigenvalue weighted by Gasteiger charge is -2.11. The molecule has 0 N–H and O–H groups in total. The summed E-state index contributed by atoms with van der Waals surface area (Å²) in [6.45, 7) is 2.21. The van der Waals surface area contributed by atoms with Gasteiger partial charge in [-0.1, -0.05) is 70.4 Å². The SMILES string of the molecule is CCCCCCCC/C=C/CCCCCCC/C([O-])=N/S(=O)(=O)C(F)(F)F. The minimum atomic E-state index is -5.70. The van der Waals surface area contributed by atoms with Crippen LogP contribution in [0.5, 0.6) is 0 Å². The Balaban J connectivity index is 3.58. The molecule has 0 saturated heterocycles. The topological polar surface area (TPSA) is 69.6 Å². The van der Waals surface area contributed by atoms with Gasteiger partial charge in [-0.3, -0.25) is 0 Å². The predicted molar refractivity (Wildman–Crippen MR) is 102 cm³/mol. The zero-order chi connectivity index (χ0) is 20.6. The Kier molecular flexibility index (Phi) is 14.4. The molecule has 0 aliphatic carbocycles. The van der Waals surface area contributed by atoms with Gasteiger partial charge in [0.05, 0.1) is 0 Å². The lowest BCUT2D eigenvalue weighted by molar-refractivity contribution is -0.218. The average molecular weight is 413 g/mol. The number of alkyl halides is 3. The van der Waals surface area contributed by atoms with Crippen molar-refractivity contribution < 1.29 is 26.7 Å². The van der Waals surface area contributed by atoms with Crippen LogP contribution in [0.25, 0.3) is 0 Å². The second-order valence-corrected chi connectivity index (χ2v) is 8.34. The van der Waals surface area contributed by atoms with Crippen LogP contribution in [0.3, 0.4) is 0 Å². The van der Waals surface area contributed by atoms with E-state index in [1.165, 1.54) is 38.5 Å². The van der Waals surface area contributed by atoms with Crippen molar-refractivity contribution >= 4 is 15.9 Å². The minimum absolute atomic E-state index is 0.270. The van der Waals surface area contributed by atoms with Crippen molar-refractivity contribution in [3.8, 4) is 0 Å². The molecule has 0 radical (unpaired) electrons. The summed E-state index contributed by atoms with van der Waals surface area (Å²) < 4.78 is 59.9. The lowest BCUT2D eigenvalue weighted by atomic mass is 10.1. The van der Waals surface area contributed by atoms with E-state index >= 15 is 0 Å². The molecule has 4 nitrogen and oxygen atoms in total. The van der Waals surface area contributed by atoms with Crippen molar-refractivity contribution in [1.82, 2.24) is 0 Å². The number of nitrogens with zero attached hydrogens (tertiary/aromatic N) is 1. The van der Waals surface area contributed by atoms with Gasteiger partial charge in [-0.05, 0) is 44.4 Å². The summed E-state index contributed by atoms with van der Waals surface area (Å²) in [6, 6.07) is 0. The van der Waals surface area contributed by atoms with Gasteiger partial charge in [0, 0.05) is 0 Å². The van der Waals surface area contributed by atoms with Crippen molar-refractivity contribution in [1.29, 1.82) is 0 Å². The van der Waals surface area contributed by atoms with E-state index in [-0.39, 0.29) is 6.42 Å². The summed E-state index contributed by atoms with van der Waals surface area (Å²) in [4.78, 5) is 0. The van der Waals surface area contributed by atoms with E-state index in [4.69, 9.17) is 0 Å². The van der Waals surface area contributed by atoms with Gasteiger partial charge in [-0.15, -0.1) is 0 Å². The Morgan fingerprint density at radius 2 is 1.30 bits per heavy atom. The molecule has 0 amide bonds. The number of hydrogen-bond donors (Lipinski definition) is 0. The fourth-order valence-corrected chi connectivity index (χ4v) is 3.04. The van der Waals surface area contributed by atoms with E-state index in [1.54, 1.807) is 0 Å². The second kappa shape index (κ2) is 14.9. The molecule has 0 aromatic carbocycles. The molecule has 0 atom stereocenters. The van der Waals surface area contributed by atoms with Gasteiger partial charge in [0.25, 0.3) is 0 Å². The van der Waals surface area contributed by atoms with Crippen molar-refractivity contribution in [2.24, 2.45) is 4.40 Å². The molecular formula is C19H33F3NO3S-. The number of rotatable bonds is 16. The largest absolute Gasteiger partial charge is 0.861 e. The van der Waals surface area contributed by atoms with Crippen LogP contribution in [0.2, 0.25) is 0 Å². The van der Waals surface area contributed by atoms with Gasteiger partial charge in [-0.2, -0.15) is 26.0 Å². The Labute approximate surface area is 162 Å². The summed E-state index contributed by atoms with van der Waals surface area (Å²) in [5, 5.41) is 11.2. The van der Waals surface area contributed by atoms with E-state index in [0.717, 1.165) is 32.1 Å².